The standard InChI is InChI=1S/C19H23NO5/c1-15-16(14-24-17-5-3-2-4-6-17)13-18(25-15)19(21)23-12-9-20-7-10-22-11-8-20/h2-6,13H,7-12,14H2,1H3/p+1. The van der Waals surface area contributed by atoms with Crippen LogP contribution in [0, 0.1) is 6.92 Å². The molecular formula is C19H24NO5+. The minimum atomic E-state index is -0.429. The summed E-state index contributed by atoms with van der Waals surface area (Å²) in [6.07, 6.45) is 0. The van der Waals surface area contributed by atoms with Gasteiger partial charge in [0.2, 0.25) is 5.76 Å². The number of hydrogen-bond acceptors (Lipinski definition) is 5. The number of aryl methyl sites for hydroxylation is 1. The van der Waals surface area contributed by atoms with E-state index in [0.717, 1.165) is 44.2 Å². The zero-order chi connectivity index (χ0) is 17.5. The van der Waals surface area contributed by atoms with Crippen molar-refractivity contribution in [3.63, 3.8) is 0 Å². The molecule has 6 heteroatoms. The van der Waals surface area contributed by atoms with Crippen LogP contribution in [0.5, 0.6) is 5.75 Å². The summed E-state index contributed by atoms with van der Waals surface area (Å²) in [5, 5.41) is 0. The van der Waals surface area contributed by atoms with Gasteiger partial charge >= 0.3 is 5.97 Å². The number of nitrogens with one attached hydrogen (secondary N) is 1. The number of esters is 1. The van der Waals surface area contributed by atoms with Crippen LogP contribution in [0.25, 0.3) is 0 Å². The third-order valence-corrected chi connectivity index (χ3v) is 4.25. The maximum absolute atomic E-state index is 12.1. The molecule has 2 heterocycles. The van der Waals surface area contributed by atoms with Crippen molar-refractivity contribution in [3.05, 3.63) is 53.5 Å². The molecule has 1 aliphatic heterocycles. The summed E-state index contributed by atoms with van der Waals surface area (Å²) < 4.78 is 21.9. The van der Waals surface area contributed by atoms with Crippen molar-refractivity contribution < 1.29 is 28.3 Å². The highest BCUT2D eigenvalue weighted by atomic mass is 16.5. The smallest absolute Gasteiger partial charge is 0.374 e. The molecule has 1 saturated heterocycles. The number of carbonyl (C=O) groups excluding carboxylic acids is 1. The fourth-order valence-corrected chi connectivity index (χ4v) is 2.71. The van der Waals surface area contributed by atoms with Crippen molar-refractivity contribution in [2.24, 2.45) is 0 Å². The Bertz CT molecular complexity index is 676. The highest BCUT2D eigenvalue weighted by Crippen LogP contribution is 2.18. The monoisotopic (exact) mass is 346 g/mol. The van der Waals surface area contributed by atoms with Crippen LogP contribution in [0.3, 0.4) is 0 Å². The molecule has 1 aromatic carbocycles. The Morgan fingerprint density at radius 1 is 1.20 bits per heavy atom. The maximum atomic E-state index is 12.1. The Hall–Kier alpha value is -2.31. The van der Waals surface area contributed by atoms with E-state index in [2.05, 4.69) is 0 Å². The number of para-hydroxylation sites is 1. The zero-order valence-electron chi connectivity index (χ0n) is 14.5. The van der Waals surface area contributed by atoms with Gasteiger partial charge in [0.15, 0.2) is 0 Å². The number of benzene rings is 1. The van der Waals surface area contributed by atoms with Gasteiger partial charge in [-0.3, -0.25) is 0 Å². The Labute approximate surface area is 147 Å². The van der Waals surface area contributed by atoms with Gasteiger partial charge in [0, 0.05) is 5.56 Å². The van der Waals surface area contributed by atoms with E-state index in [1.165, 1.54) is 4.90 Å². The molecule has 25 heavy (non-hydrogen) atoms. The third-order valence-electron chi connectivity index (χ3n) is 4.25. The second kappa shape index (κ2) is 8.69. The van der Waals surface area contributed by atoms with E-state index in [9.17, 15) is 4.79 Å². The molecule has 0 unspecified atom stereocenters. The Morgan fingerprint density at radius 2 is 1.96 bits per heavy atom. The van der Waals surface area contributed by atoms with Crippen LogP contribution in [-0.2, 0) is 16.1 Å². The summed E-state index contributed by atoms with van der Waals surface area (Å²) >= 11 is 0. The van der Waals surface area contributed by atoms with E-state index in [1.807, 2.05) is 37.3 Å². The van der Waals surface area contributed by atoms with Gasteiger partial charge in [0.05, 0.1) is 13.2 Å². The molecule has 3 rings (SSSR count). The predicted octanol–water partition coefficient (Wildman–Crippen LogP) is 1.24. The molecule has 0 saturated carbocycles. The average Bonchev–Trinajstić information content (AvgIpc) is 3.02. The SMILES string of the molecule is Cc1oc(C(=O)OCC[NH+]2CCOCC2)cc1COc1ccccc1. The maximum Gasteiger partial charge on any atom is 0.374 e. The molecule has 2 aromatic rings. The predicted molar refractivity (Wildman–Crippen MR) is 90.9 cm³/mol. The van der Waals surface area contributed by atoms with Gasteiger partial charge in [-0.25, -0.2) is 4.79 Å². The van der Waals surface area contributed by atoms with Crippen LogP contribution in [0.1, 0.15) is 21.9 Å². The quantitative estimate of drug-likeness (QED) is 0.765. The molecule has 0 bridgehead atoms. The lowest BCUT2D eigenvalue weighted by atomic mass is 10.2. The minimum absolute atomic E-state index is 0.223. The second-order valence-electron chi connectivity index (χ2n) is 6.04. The van der Waals surface area contributed by atoms with Gasteiger partial charge in [-0.05, 0) is 25.1 Å². The summed E-state index contributed by atoms with van der Waals surface area (Å²) in [6.45, 7) is 6.79. The number of quaternary nitrogens is 1. The molecule has 0 radical (unpaired) electrons. The van der Waals surface area contributed by atoms with Gasteiger partial charge in [0.1, 0.15) is 44.4 Å². The molecule has 1 aromatic heterocycles. The number of rotatable bonds is 7. The van der Waals surface area contributed by atoms with Crippen LogP contribution in [0.2, 0.25) is 0 Å². The lowest BCUT2D eigenvalue weighted by molar-refractivity contribution is -0.908. The van der Waals surface area contributed by atoms with Crippen molar-refractivity contribution in [2.45, 2.75) is 13.5 Å². The first-order chi connectivity index (χ1) is 12.2. The molecule has 134 valence electrons. The molecule has 6 nitrogen and oxygen atoms in total. The van der Waals surface area contributed by atoms with Crippen LogP contribution < -0.4 is 9.64 Å². The molecule has 1 aliphatic rings. The van der Waals surface area contributed by atoms with Crippen LogP contribution in [-0.4, -0.2) is 45.4 Å². The Kier molecular flexibility index (Phi) is 6.09. The summed E-state index contributed by atoms with van der Waals surface area (Å²) in [5.41, 5.74) is 0.842. The fourth-order valence-electron chi connectivity index (χ4n) is 2.71. The first kappa shape index (κ1) is 17.5. The molecular weight excluding hydrogens is 322 g/mol. The molecule has 0 spiro atoms. The largest absolute Gasteiger partial charge is 0.489 e. The summed E-state index contributed by atoms with van der Waals surface area (Å²) in [6, 6.07) is 11.2. The van der Waals surface area contributed by atoms with Crippen molar-refractivity contribution in [1.82, 2.24) is 0 Å². The van der Waals surface area contributed by atoms with Crippen molar-refractivity contribution >= 4 is 5.97 Å². The van der Waals surface area contributed by atoms with Crippen molar-refractivity contribution in [2.75, 3.05) is 39.5 Å². The van der Waals surface area contributed by atoms with E-state index in [0.29, 0.717) is 19.0 Å². The normalized spacial score (nSPS) is 15.1. The zero-order valence-corrected chi connectivity index (χ0v) is 14.5. The minimum Gasteiger partial charge on any atom is -0.489 e. The highest BCUT2D eigenvalue weighted by molar-refractivity contribution is 5.86. The number of ether oxygens (including phenoxy) is 3. The molecule has 1 N–H and O–H groups in total. The first-order valence-corrected chi connectivity index (χ1v) is 8.58. The van der Waals surface area contributed by atoms with Crippen LogP contribution >= 0.6 is 0 Å². The highest BCUT2D eigenvalue weighted by Gasteiger charge is 2.18. The van der Waals surface area contributed by atoms with E-state index in [4.69, 9.17) is 18.6 Å². The van der Waals surface area contributed by atoms with Crippen LogP contribution in [0.4, 0.5) is 0 Å². The second-order valence-corrected chi connectivity index (χ2v) is 6.04. The lowest BCUT2D eigenvalue weighted by Gasteiger charge is -2.23. The van der Waals surface area contributed by atoms with Gasteiger partial charge in [-0.2, -0.15) is 0 Å². The summed E-state index contributed by atoms with van der Waals surface area (Å²) in [5.74, 6) is 1.24. The Balaban J connectivity index is 1.47. The molecule has 0 atom stereocenters. The molecule has 0 aliphatic carbocycles. The third kappa shape index (κ3) is 5.08. The summed E-state index contributed by atoms with van der Waals surface area (Å²) in [7, 11) is 0. The number of hydrogen-bond donors (Lipinski definition) is 1. The lowest BCUT2D eigenvalue weighted by Crippen LogP contribution is -3.14. The van der Waals surface area contributed by atoms with Crippen molar-refractivity contribution in [3.8, 4) is 5.75 Å². The summed E-state index contributed by atoms with van der Waals surface area (Å²) in [4.78, 5) is 13.5. The number of furan rings is 1. The van der Waals surface area contributed by atoms with E-state index in [-0.39, 0.29) is 5.76 Å². The van der Waals surface area contributed by atoms with Gasteiger partial charge in [-0.1, -0.05) is 18.2 Å². The number of carbonyl (C=O) groups is 1. The van der Waals surface area contributed by atoms with Gasteiger partial charge in [-0.15, -0.1) is 0 Å². The van der Waals surface area contributed by atoms with Crippen LogP contribution in [0.15, 0.2) is 40.8 Å². The van der Waals surface area contributed by atoms with Gasteiger partial charge in [0.25, 0.3) is 0 Å². The van der Waals surface area contributed by atoms with E-state index in [1.54, 1.807) is 6.07 Å². The molecule has 1 fully saturated rings. The fraction of sp³-hybridized carbons (Fsp3) is 0.421. The Morgan fingerprint density at radius 3 is 2.72 bits per heavy atom. The topological polar surface area (TPSA) is 62.3 Å². The number of morpholine rings is 1. The van der Waals surface area contributed by atoms with E-state index < -0.39 is 5.97 Å². The first-order valence-electron chi connectivity index (χ1n) is 8.58. The molecule has 0 amide bonds. The van der Waals surface area contributed by atoms with Crippen molar-refractivity contribution in [1.29, 1.82) is 0 Å². The van der Waals surface area contributed by atoms with E-state index >= 15 is 0 Å². The van der Waals surface area contributed by atoms with Gasteiger partial charge < -0.3 is 23.5 Å². The average molecular weight is 346 g/mol.